The lowest BCUT2D eigenvalue weighted by Gasteiger charge is -2.11. The zero-order chi connectivity index (χ0) is 18.4. The molecule has 6 heteroatoms. The fourth-order valence-corrected chi connectivity index (χ4v) is 3.57. The first-order valence-corrected chi connectivity index (χ1v) is 9.69. The summed E-state index contributed by atoms with van der Waals surface area (Å²) in [6.45, 7) is 4.37. The first kappa shape index (κ1) is 18.3. The Balaban J connectivity index is 1.51. The Labute approximate surface area is 158 Å². The van der Waals surface area contributed by atoms with Crippen molar-refractivity contribution >= 4 is 11.8 Å². The maximum atomic E-state index is 6.13. The van der Waals surface area contributed by atoms with Gasteiger partial charge < -0.3 is 10.6 Å². The number of benzene rings is 2. The summed E-state index contributed by atoms with van der Waals surface area (Å²) in [4.78, 5) is 0. The highest BCUT2D eigenvalue weighted by Gasteiger charge is 2.12. The summed E-state index contributed by atoms with van der Waals surface area (Å²) in [6, 6.07) is 16.6. The van der Waals surface area contributed by atoms with Gasteiger partial charge in [-0.15, -0.1) is 10.2 Å². The molecular formula is C20H24N4OS. The third-order valence-electron chi connectivity index (χ3n) is 4.17. The van der Waals surface area contributed by atoms with Crippen LogP contribution in [0, 0.1) is 13.8 Å². The normalized spacial score (nSPS) is 10.8. The van der Waals surface area contributed by atoms with Gasteiger partial charge in [-0.2, -0.15) is 0 Å². The highest BCUT2D eigenvalue weighted by atomic mass is 32.2. The molecule has 1 aromatic heterocycles. The van der Waals surface area contributed by atoms with Gasteiger partial charge >= 0.3 is 0 Å². The van der Waals surface area contributed by atoms with Gasteiger partial charge in [-0.05, 0) is 43.4 Å². The molecule has 0 spiro atoms. The van der Waals surface area contributed by atoms with E-state index in [0.29, 0.717) is 12.4 Å². The second-order valence-corrected chi connectivity index (χ2v) is 7.28. The molecule has 5 nitrogen and oxygen atoms in total. The molecule has 0 amide bonds. The molecule has 0 aliphatic heterocycles. The predicted molar refractivity (Wildman–Crippen MR) is 106 cm³/mol. The van der Waals surface area contributed by atoms with Crippen LogP contribution >= 0.6 is 11.8 Å². The lowest BCUT2D eigenvalue weighted by molar-refractivity contribution is 0.288. The van der Waals surface area contributed by atoms with Crippen molar-refractivity contribution in [1.29, 1.82) is 0 Å². The van der Waals surface area contributed by atoms with E-state index >= 15 is 0 Å². The molecule has 0 saturated heterocycles. The first-order chi connectivity index (χ1) is 12.6. The van der Waals surface area contributed by atoms with Crippen molar-refractivity contribution in [2.24, 2.45) is 0 Å². The Hall–Kier alpha value is -2.47. The fourth-order valence-electron chi connectivity index (χ4n) is 2.75. The Morgan fingerprint density at radius 3 is 2.46 bits per heavy atom. The molecule has 0 bridgehead atoms. The van der Waals surface area contributed by atoms with Crippen LogP contribution in [0.5, 0.6) is 5.75 Å². The van der Waals surface area contributed by atoms with E-state index in [-0.39, 0.29) is 0 Å². The third-order valence-corrected chi connectivity index (χ3v) is 5.20. The number of hydrogen-bond donors (Lipinski definition) is 1. The van der Waals surface area contributed by atoms with Crippen LogP contribution in [0.15, 0.2) is 53.7 Å². The van der Waals surface area contributed by atoms with Gasteiger partial charge in [0.15, 0.2) is 5.82 Å². The smallest absolute Gasteiger partial charge is 0.209 e. The van der Waals surface area contributed by atoms with E-state index in [9.17, 15) is 0 Å². The van der Waals surface area contributed by atoms with E-state index in [4.69, 9.17) is 10.6 Å². The molecular weight excluding hydrogens is 344 g/mol. The molecule has 0 fully saturated rings. The standard InChI is InChI=1S/C20H24N4OS/c1-15-8-6-9-16(2)19(15)25-14-18-22-23-20(24(18)21)26-13-7-12-17-10-4-3-5-11-17/h3-6,8-11H,7,12-14,21H2,1-2H3. The Kier molecular flexibility index (Phi) is 6.17. The molecule has 1 heterocycles. The van der Waals surface area contributed by atoms with Gasteiger partial charge in [-0.25, -0.2) is 4.68 Å². The van der Waals surface area contributed by atoms with Crippen LogP contribution in [-0.2, 0) is 13.0 Å². The van der Waals surface area contributed by atoms with Gasteiger partial charge in [0.1, 0.15) is 12.4 Å². The van der Waals surface area contributed by atoms with E-state index in [0.717, 1.165) is 40.6 Å². The van der Waals surface area contributed by atoms with Crippen molar-refractivity contribution in [2.75, 3.05) is 11.6 Å². The number of aromatic nitrogens is 3. The lowest BCUT2D eigenvalue weighted by Crippen LogP contribution is -2.16. The quantitative estimate of drug-likeness (QED) is 0.371. The molecule has 26 heavy (non-hydrogen) atoms. The molecule has 0 atom stereocenters. The van der Waals surface area contributed by atoms with Crippen molar-refractivity contribution in [3.63, 3.8) is 0 Å². The zero-order valence-corrected chi connectivity index (χ0v) is 16.0. The predicted octanol–water partition coefficient (Wildman–Crippen LogP) is 3.91. The Morgan fingerprint density at radius 1 is 1.00 bits per heavy atom. The van der Waals surface area contributed by atoms with Gasteiger partial charge in [0, 0.05) is 5.75 Å². The number of nitrogen functional groups attached to an aromatic ring is 1. The van der Waals surface area contributed by atoms with Gasteiger partial charge in [-0.1, -0.05) is 60.3 Å². The van der Waals surface area contributed by atoms with E-state index in [1.54, 1.807) is 11.8 Å². The molecule has 136 valence electrons. The SMILES string of the molecule is Cc1cccc(C)c1OCc1nnc(SCCCc2ccccc2)n1N. The summed E-state index contributed by atoms with van der Waals surface area (Å²) in [5.74, 6) is 8.58. The Bertz CT molecular complexity index is 828. The molecule has 0 radical (unpaired) electrons. The minimum absolute atomic E-state index is 0.305. The van der Waals surface area contributed by atoms with Gasteiger partial charge in [0.05, 0.1) is 0 Å². The highest BCUT2D eigenvalue weighted by molar-refractivity contribution is 7.99. The third kappa shape index (κ3) is 4.58. The number of nitrogens with zero attached hydrogens (tertiary/aromatic N) is 3. The summed E-state index contributed by atoms with van der Waals surface area (Å²) in [5.41, 5.74) is 3.55. The number of rotatable bonds is 8. The van der Waals surface area contributed by atoms with Crippen LogP contribution in [0.4, 0.5) is 0 Å². The summed E-state index contributed by atoms with van der Waals surface area (Å²) in [6.07, 6.45) is 2.12. The number of nitrogens with two attached hydrogens (primary N) is 1. The molecule has 2 N–H and O–H groups in total. The summed E-state index contributed by atoms with van der Waals surface area (Å²) in [7, 11) is 0. The maximum Gasteiger partial charge on any atom is 0.209 e. The van der Waals surface area contributed by atoms with Crippen LogP contribution in [0.1, 0.15) is 28.9 Å². The molecule has 3 rings (SSSR count). The van der Waals surface area contributed by atoms with Crippen LogP contribution in [0.3, 0.4) is 0 Å². The van der Waals surface area contributed by atoms with Crippen LogP contribution in [-0.4, -0.2) is 20.6 Å². The van der Waals surface area contributed by atoms with Gasteiger partial charge in [0.25, 0.3) is 0 Å². The molecule has 0 saturated carbocycles. The fraction of sp³-hybridized carbons (Fsp3) is 0.300. The molecule has 2 aromatic carbocycles. The van der Waals surface area contributed by atoms with Gasteiger partial charge in [-0.3, -0.25) is 0 Å². The maximum absolute atomic E-state index is 6.13. The minimum atomic E-state index is 0.305. The summed E-state index contributed by atoms with van der Waals surface area (Å²) >= 11 is 1.62. The second-order valence-electron chi connectivity index (χ2n) is 6.22. The average Bonchev–Trinajstić information content (AvgIpc) is 2.99. The van der Waals surface area contributed by atoms with E-state index in [1.165, 1.54) is 10.2 Å². The van der Waals surface area contributed by atoms with Crippen molar-refractivity contribution in [1.82, 2.24) is 14.9 Å². The topological polar surface area (TPSA) is 66.0 Å². The largest absolute Gasteiger partial charge is 0.485 e. The summed E-state index contributed by atoms with van der Waals surface area (Å²) in [5, 5.41) is 9.08. The molecule has 0 unspecified atom stereocenters. The van der Waals surface area contributed by atoms with Crippen LogP contribution < -0.4 is 10.6 Å². The zero-order valence-electron chi connectivity index (χ0n) is 15.2. The number of hydrogen-bond acceptors (Lipinski definition) is 5. The number of aryl methyl sites for hydroxylation is 3. The second kappa shape index (κ2) is 8.76. The van der Waals surface area contributed by atoms with Crippen LogP contribution in [0.2, 0.25) is 0 Å². The molecule has 0 aliphatic rings. The first-order valence-electron chi connectivity index (χ1n) is 8.70. The molecule has 3 aromatic rings. The summed E-state index contributed by atoms with van der Waals surface area (Å²) < 4.78 is 7.45. The van der Waals surface area contributed by atoms with E-state index < -0.39 is 0 Å². The van der Waals surface area contributed by atoms with Crippen molar-refractivity contribution in [2.45, 2.75) is 38.5 Å². The lowest BCUT2D eigenvalue weighted by atomic mass is 10.1. The van der Waals surface area contributed by atoms with E-state index in [1.807, 2.05) is 38.1 Å². The monoisotopic (exact) mass is 368 g/mol. The number of ether oxygens (including phenoxy) is 1. The van der Waals surface area contributed by atoms with Crippen molar-refractivity contribution in [3.05, 3.63) is 71.0 Å². The number of para-hydroxylation sites is 1. The molecule has 0 aliphatic carbocycles. The van der Waals surface area contributed by atoms with Gasteiger partial charge in [0.2, 0.25) is 5.16 Å². The minimum Gasteiger partial charge on any atom is -0.485 e. The van der Waals surface area contributed by atoms with Crippen molar-refractivity contribution in [3.8, 4) is 5.75 Å². The Morgan fingerprint density at radius 2 is 1.73 bits per heavy atom. The average molecular weight is 369 g/mol. The van der Waals surface area contributed by atoms with E-state index in [2.05, 4.69) is 34.5 Å². The number of thioether (sulfide) groups is 1. The highest BCUT2D eigenvalue weighted by Crippen LogP contribution is 2.24. The van der Waals surface area contributed by atoms with Crippen LogP contribution in [0.25, 0.3) is 0 Å². The van der Waals surface area contributed by atoms with Crippen molar-refractivity contribution < 1.29 is 4.74 Å².